The van der Waals surface area contributed by atoms with E-state index in [1.807, 2.05) is 0 Å². The summed E-state index contributed by atoms with van der Waals surface area (Å²) in [4.78, 5) is 12.2. The molecule has 0 saturated heterocycles. The molecule has 0 unspecified atom stereocenters. The van der Waals surface area contributed by atoms with Gasteiger partial charge >= 0.3 is 5.97 Å². The number of nitrogens with one attached hydrogen (secondary N) is 1. The van der Waals surface area contributed by atoms with Gasteiger partial charge in [0.25, 0.3) is 0 Å². The number of benzene rings is 1. The Balaban J connectivity index is 2.49. The highest BCUT2D eigenvalue weighted by molar-refractivity contribution is 7.89. The fourth-order valence-corrected chi connectivity index (χ4v) is 3.75. The highest BCUT2D eigenvalue weighted by Crippen LogP contribution is 2.19. The Morgan fingerprint density at radius 1 is 1.28 bits per heavy atom. The molecule has 0 saturated carbocycles. The summed E-state index contributed by atoms with van der Waals surface area (Å²) in [6.07, 6.45) is 0. The quantitative estimate of drug-likeness (QED) is 0.822. The number of sulfonamides is 1. The number of aryl methyl sites for hydroxylation is 1. The molecule has 0 aliphatic rings. The van der Waals surface area contributed by atoms with Crippen LogP contribution in [0.5, 0.6) is 0 Å². The van der Waals surface area contributed by atoms with Gasteiger partial charge in [-0.3, -0.25) is 0 Å². The molecular formula is C17H23N3O4S. The van der Waals surface area contributed by atoms with Crippen molar-refractivity contribution in [3.05, 3.63) is 41.7 Å². The van der Waals surface area contributed by atoms with Crippen molar-refractivity contribution in [2.45, 2.75) is 45.1 Å². The summed E-state index contributed by atoms with van der Waals surface area (Å²) >= 11 is 0. The highest BCUT2D eigenvalue weighted by atomic mass is 32.2. The van der Waals surface area contributed by atoms with Crippen molar-refractivity contribution in [1.29, 1.82) is 0 Å². The van der Waals surface area contributed by atoms with Gasteiger partial charge in [0, 0.05) is 5.54 Å². The van der Waals surface area contributed by atoms with Gasteiger partial charge in [-0.1, -0.05) is 6.07 Å². The summed E-state index contributed by atoms with van der Waals surface area (Å²) in [5.74, 6) is -0.510. The molecular weight excluding hydrogens is 342 g/mol. The van der Waals surface area contributed by atoms with Crippen molar-refractivity contribution in [2.75, 3.05) is 6.61 Å². The number of esters is 1. The topological polar surface area (TPSA) is 90.3 Å². The number of ether oxygens (including phenoxy) is 1. The molecule has 1 aromatic carbocycles. The van der Waals surface area contributed by atoms with Gasteiger partial charge in [-0.15, -0.1) is 0 Å². The van der Waals surface area contributed by atoms with Gasteiger partial charge in [-0.25, -0.2) is 22.6 Å². The summed E-state index contributed by atoms with van der Waals surface area (Å²) < 4.78 is 34.1. The Morgan fingerprint density at radius 3 is 2.56 bits per heavy atom. The first kappa shape index (κ1) is 19.1. The van der Waals surface area contributed by atoms with Crippen molar-refractivity contribution in [1.82, 2.24) is 14.5 Å². The molecule has 0 bridgehead atoms. The lowest BCUT2D eigenvalue weighted by molar-refractivity contribution is 0.0515. The Labute approximate surface area is 148 Å². The largest absolute Gasteiger partial charge is 0.461 e. The predicted octanol–water partition coefficient (Wildman–Crippen LogP) is 2.43. The van der Waals surface area contributed by atoms with E-state index in [0.29, 0.717) is 11.4 Å². The van der Waals surface area contributed by atoms with Gasteiger partial charge in [-0.2, -0.15) is 5.10 Å². The van der Waals surface area contributed by atoms with Gasteiger partial charge in [0.15, 0.2) is 5.69 Å². The molecule has 1 heterocycles. The van der Waals surface area contributed by atoms with Crippen LogP contribution in [0.3, 0.4) is 0 Å². The average molecular weight is 365 g/mol. The van der Waals surface area contributed by atoms with Crippen LogP contribution in [0.15, 0.2) is 35.2 Å². The second-order valence-electron chi connectivity index (χ2n) is 6.66. The standard InChI is InChI=1S/C17H23N3O4S/c1-6-24-16(21)15-10-12(2)18-20(15)13-8-7-9-14(11-13)25(22,23)19-17(3,4)5/h7-11,19H,6H2,1-5H3. The zero-order valence-electron chi connectivity index (χ0n) is 15.0. The number of carbonyl (C=O) groups excluding carboxylic acids is 1. The van der Waals surface area contributed by atoms with Crippen LogP contribution >= 0.6 is 0 Å². The number of rotatable bonds is 5. The van der Waals surface area contributed by atoms with Crippen LogP contribution in [-0.4, -0.2) is 36.3 Å². The molecule has 0 aliphatic carbocycles. The molecule has 136 valence electrons. The Morgan fingerprint density at radius 2 is 1.96 bits per heavy atom. The van der Waals surface area contributed by atoms with E-state index in [-0.39, 0.29) is 17.2 Å². The summed E-state index contributed by atoms with van der Waals surface area (Å²) in [5, 5.41) is 4.28. The van der Waals surface area contributed by atoms with Crippen LogP contribution in [-0.2, 0) is 14.8 Å². The van der Waals surface area contributed by atoms with Gasteiger partial charge in [0.2, 0.25) is 10.0 Å². The SMILES string of the molecule is CCOC(=O)c1cc(C)nn1-c1cccc(S(=O)(=O)NC(C)(C)C)c1. The normalized spacial score (nSPS) is 12.2. The number of hydrogen-bond acceptors (Lipinski definition) is 5. The molecule has 2 aromatic rings. The van der Waals surface area contributed by atoms with E-state index < -0.39 is 21.5 Å². The van der Waals surface area contributed by atoms with Gasteiger partial charge in [-0.05, 0) is 58.9 Å². The molecule has 8 heteroatoms. The minimum atomic E-state index is -3.69. The molecule has 0 fully saturated rings. The Kier molecular flexibility index (Phi) is 5.34. The lowest BCUT2D eigenvalue weighted by atomic mass is 10.1. The summed E-state index contributed by atoms with van der Waals surface area (Å²) in [6, 6.07) is 7.87. The lowest BCUT2D eigenvalue weighted by Gasteiger charge is -2.20. The van der Waals surface area contributed by atoms with E-state index in [0.717, 1.165) is 0 Å². The molecule has 25 heavy (non-hydrogen) atoms. The van der Waals surface area contributed by atoms with Crippen LogP contribution in [0.25, 0.3) is 5.69 Å². The second kappa shape index (κ2) is 6.97. The fraction of sp³-hybridized carbons (Fsp3) is 0.412. The Hall–Kier alpha value is -2.19. The first-order chi connectivity index (χ1) is 11.5. The molecule has 0 amide bonds. The molecule has 1 aromatic heterocycles. The first-order valence-electron chi connectivity index (χ1n) is 7.92. The van der Waals surface area contributed by atoms with E-state index in [1.54, 1.807) is 52.8 Å². The maximum Gasteiger partial charge on any atom is 0.357 e. The van der Waals surface area contributed by atoms with E-state index in [4.69, 9.17) is 4.74 Å². The average Bonchev–Trinajstić information content (AvgIpc) is 2.87. The molecule has 2 rings (SSSR count). The second-order valence-corrected chi connectivity index (χ2v) is 8.34. The van der Waals surface area contributed by atoms with E-state index >= 15 is 0 Å². The number of carbonyl (C=O) groups is 1. The van der Waals surface area contributed by atoms with Crippen LogP contribution in [0.2, 0.25) is 0 Å². The maximum absolute atomic E-state index is 12.5. The summed E-state index contributed by atoms with van der Waals surface area (Å²) in [5.41, 5.74) is 0.738. The van der Waals surface area contributed by atoms with Crippen molar-refractivity contribution < 1.29 is 17.9 Å². The molecule has 1 N–H and O–H groups in total. The monoisotopic (exact) mass is 365 g/mol. The van der Waals surface area contributed by atoms with Crippen molar-refractivity contribution in [2.24, 2.45) is 0 Å². The van der Waals surface area contributed by atoms with Gasteiger partial charge in [0.05, 0.1) is 22.9 Å². The van der Waals surface area contributed by atoms with Gasteiger partial charge in [0.1, 0.15) is 0 Å². The minimum absolute atomic E-state index is 0.0999. The number of nitrogens with zero attached hydrogens (tertiary/aromatic N) is 2. The van der Waals surface area contributed by atoms with Crippen molar-refractivity contribution in [3.63, 3.8) is 0 Å². The molecule has 7 nitrogen and oxygen atoms in total. The molecule has 0 radical (unpaired) electrons. The van der Waals surface area contributed by atoms with E-state index in [2.05, 4.69) is 9.82 Å². The fourth-order valence-electron chi connectivity index (χ4n) is 2.29. The summed E-state index contributed by atoms with van der Waals surface area (Å²) in [6.45, 7) is 9.02. The maximum atomic E-state index is 12.5. The number of aromatic nitrogens is 2. The van der Waals surface area contributed by atoms with Crippen LogP contribution in [0, 0.1) is 6.92 Å². The minimum Gasteiger partial charge on any atom is -0.461 e. The van der Waals surface area contributed by atoms with Crippen LogP contribution < -0.4 is 4.72 Å². The predicted molar refractivity (Wildman–Crippen MR) is 94.3 cm³/mol. The lowest BCUT2D eigenvalue weighted by Crippen LogP contribution is -2.40. The summed E-state index contributed by atoms with van der Waals surface area (Å²) in [7, 11) is -3.69. The zero-order valence-corrected chi connectivity index (χ0v) is 15.8. The van der Waals surface area contributed by atoms with E-state index in [9.17, 15) is 13.2 Å². The third-order valence-electron chi connectivity index (χ3n) is 3.13. The van der Waals surface area contributed by atoms with Crippen molar-refractivity contribution >= 4 is 16.0 Å². The van der Waals surface area contributed by atoms with Crippen LogP contribution in [0.1, 0.15) is 43.9 Å². The van der Waals surface area contributed by atoms with Crippen LogP contribution in [0.4, 0.5) is 0 Å². The van der Waals surface area contributed by atoms with E-state index in [1.165, 1.54) is 16.8 Å². The van der Waals surface area contributed by atoms with Gasteiger partial charge < -0.3 is 4.74 Å². The molecule has 0 atom stereocenters. The number of hydrogen-bond donors (Lipinski definition) is 1. The molecule has 0 spiro atoms. The molecule has 0 aliphatic heterocycles. The third-order valence-corrected chi connectivity index (χ3v) is 4.88. The Bertz CT molecular complexity index is 880. The first-order valence-corrected chi connectivity index (χ1v) is 9.40. The zero-order chi connectivity index (χ0) is 18.8. The highest BCUT2D eigenvalue weighted by Gasteiger charge is 2.23. The smallest absolute Gasteiger partial charge is 0.357 e. The third kappa shape index (κ3) is 4.67. The van der Waals surface area contributed by atoms with Crippen molar-refractivity contribution in [3.8, 4) is 5.69 Å².